The molecule has 1 aliphatic rings. The van der Waals surface area contributed by atoms with Gasteiger partial charge in [-0.3, -0.25) is 0 Å². The number of nitrogens with one attached hydrogen (secondary N) is 2. The number of rotatable bonds is 8. The fourth-order valence-electron chi connectivity index (χ4n) is 4.48. The van der Waals surface area contributed by atoms with Gasteiger partial charge in [0.1, 0.15) is 11.5 Å². The third-order valence-electron chi connectivity index (χ3n) is 6.40. The maximum Gasteiger partial charge on any atom is 0.223 e. The molecule has 1 fully saturated rings. The van der Waals surface area contributed by atoms with E-state index in [1.54, 1.807) is 14.2 Å². The first-order valence-corrected chi connectivity index (χ1v) is 12.0. The molecule has 180 valence electrons. The lowest BCUT2D eigenvalue weighted by Crippen LogP contribution is -2.43. The summed E-state index contributed by atoms with van der Waals surface area (Å²) in [4.78, 5) is 11.7. The summed E-state index contributed by atoms with van der Waals surface area (Å²) >= 11 is 0. The number of nitrogens with zero attached hydrogens (tertiary/aromatic N) is 3. The van der Waals surface area contributed by atoms with Crippen molar-refractivity contribution < 1.29 is 9.47 Å². The van der Waals surface area contributed by atoms with Gasteiger partial charge in [-0.05, 0) is 59.8 Å². The smallest absolute Gasteiger partial charge is 0.223 e. The van der Waals surface area contributed by atoms with Crippen LogP contribution in [-0.2, 0) is 6.42 Å². The topological polar surface area (TPSA) is 71.5 Å². The number of fused-ring (bicyclic) bond motifs is 1. The van der Waals surface area contributed by atoms with E-state index in [1.165, 1.54) is 22.0 Å². The van der Waals surface area contributed by atoms with Gasteiger partial charge in [0, 0.05) is 55.6 Å². The lowest BCUT2D eigenvalue weighted by molar-refractivity contribution is 0.414. The van der Waals surface area contributed by atoms with Gasteiger partial charge < -0.3 is 25.0 Å². The van der Waals surface area contributed by atoms with Crippen LogP contribution in [0.4, 0.5) is 11.6 Å². The van der Waals surface area contributed by atoms with Crippen molar-refractivity contribution in [2.75, 3.05) is 57.2 Å². The molecule has 0 radical (unpaired) electrons. The van der Waals surface area contributed by atoms with Crippen LogP contribution < -0.4 is 25.0 Å². The Kier molecular flexibility index (Phi) is 6.95. The summed E-state index contributed by atoms with van der Waals surface area (Å²) in [6.07, 6.45) is 2.70. The normalized spacial score (nSPS) is 13.6. The van der Waals surface area contributed by atoms with Crippen molar-refractivity contribution >= 4 is 22.4 Å². The first-order valence-electron chi connectivity index (χ1n) is 12.0. The van der Waals surface area contributed by atoms with Crippen LogP contribution in [0, 0.1) is 0 Å². The van der Waals surface area contributed by atoms with E-state index >= 15 is 0 Å². The van der Waals surface area contributed by atoms with Crippen LogP contribution in [0.3, 0.4) is 0 Å². The van der Waals surface area contributed by atoms with Crippen molar-refractivity contribution in [2.24, 2.45) is 0 Å². The quantitative estimate of drug-likeness (QED) is 0.397. The van der Waals surface area contributed by atoms with Gasteiger partial charge in [0.15, 0.2) is 0 Å². The maximum absolute atomic E-state index is 5.51. The van der Waals surface area contributed by atoms with Gasteiger partial charge in [-0.1, -0.05) is 18.2 Å². The number of benzene rings is 3. The Labute approximate surface area is 206 Å². The molecule has 35 heavy (non-hydrogen) atoms. The van der Waals surface area contributed by atoms with E-state index in [0.717, 1.165) is 61.9 Å². The van der Waals surface area contributed by atoms with E-state index in [1.807, 2.05) is 30.5 Å². The number of ether oxygens (including phenoxy) is 2. The number of piperazine rings is 1. The van der Waals surface area contributed by atoms with Crippen LogP contribution in [-0.4, -0.2) is 56.9 Å². The van der Waals surface area contributed by atoms with Crippen molar-refractivity contribution in [3.63, 3.8) is 0 Å². The summed E-state index contributed by atoms with van der Waals surface area (Å²) in [5, 5.41) is 9.18. The number of hydrogen-bond acceptors (Lipinski definition) is 7. The second-order valence-corrected chi connectivity index (χ2v) is 8.61. The Morgan fingerprint density at radius 3 is 2.46 bits per heavy atom. The average Bonchev–Trinajstić information content (AvgIpc) is 2.93. The third-order valence-corrected chi connectivity index (χ3v) is 6.40. The van der Waals surface area contributed by atoms with Gasteiger partial charge in [0.2, 0.25) is 5.95 Å². The molecule has 2 heterocycles. The fraction of sp³-hybridized carbons (Fsp3) is 0.286. The highest BCUT2D eigenvalue weighted by atomic mass is 16.5. The van der Waals surface area contributed by atoms with Crippen LogP contribution >= 0.6 is 0 Å². The van der Waals surface area contributed by atoms with Gasteiger partial charge in [-0.25, -0.2) is 9.97 Å². The first-order chi connectivity index (χ1) is 17.2. The van der Waals surface area contributed by atoms with Crippen LogP contribution in [0.25, 0.3) is 22.0 Å². The van der Waals surface area contributed by atoms with Crippen molar-refractivity contribution in [1.29, 1.82) is 0 Å². The monoisotopic (exact) mass is 469 g/mol. The molecule has 0 spiro atoms. The summed E-state index contributed by atoms with van der Waals surface area (Å²) in [6.45, 7) is 4.64. The minimum atomic E-state index is 0.634. The molecule has 0 unspecified atom stereocenters. The minimum Gasteiger partial charge on any atom is -0.497 e. The van der Waals surface area contributed by atoms with Crippen molar-refractivity contribution in [3.8, 4) is 22.8 Å². The molecule has 4 aromatic rings. The van der Waals surface area contributed by atoms with Gasteiger partial charge in [-0.2, -0.15) is 0 Å². The Hall–Kier alpha value is -3.84. The van der Waals surface area contributed by atoms with Crippen LogP contribution in [0.2, 0.25) is 0 Å². The standard InChI is InChI=1S/C28H31N5O2/c1-34-23-6-3-20(4-7-23)9-11-30-28-31-12-10-26(32-28)22-17-21-5-8-24(35-2)19-25(21)27(18-22)33-15-13-29-14-16-33/h3-8,10,12,17-19,29H,9,11,13-16H2,1-2H3,(H,30,31,32). The summed E-state index contributed by atoms with van der Waals surface area (Å²) in [5.74, 6) is 2.37. The molecule has 1 aromatic heterocycles. The lowest BCUT2D eigenvalue weighted by atomic mass is 10.0. The fourth-order valence-corrected chi connectivity index (χ4v) is 4.48. The molecule has 3 aromatic carbocycles. The highest BCUT2D eigenvalue weighted by molar-refractivity contribution is 5.98. The van der Waals surface area contributed by atoms with Gasteiger partial charge >= 0.3 is 0 Å². The summed E-state index contributed by atoms with van der Waals surface area (Å²) < 4.78 is 10.7. The Balaban J connectivity index is 1.39. The number of anilines is 2. The lowest BCUT2D eigenvalue weighted by Gasteiger charge is -2.31. The highest BCUT2D eigenvalue weighted by Crippen LogP contribution is 2.35. The summed E-state index contributed by atoms with van der Waals surface area (Å²) in [5.41, 5.74) is 4.43. The summed E-state index contributed by atoms with van der Waals surface area (Å²) in [7, 11) is 3.39. The van der Waals surface area contributed by atoms with Crippen molar-refractivity contribution in [3.05, 3.63) is 72.4 Å². The zero-order chi connectivity index (χ0) is 24.0. The zero-order valence-corrected chi connectivity index (χ0v) is 20.3. The molecule has 7 nitrogen and oxygen atoms in total. The molecule has 0 saturated carbocycles. The SMILES string of the molecule is COc1ccc(CCNc2nccc(-c3cc(N4CCNCC4)c4cc(OC)ccc4c3)n2)cc1. The van der Waals surface area contributed by atoms with E-state index in [-0.39, 0.29) is 0 Å². The van der Waals surface area contributed by atoms with E-state index in [4.69, 9.17) is 14.5 Å². The van der Waals surface area contributed by atoms with Crippen LogP contribution in [0.1, 0.15) is 5.56 Å². The van der Waals surface area contributed by atoms with E-state index in [2.05, 4.69) is 56.9 Å². The molecule has 0 amide bonds. The van der Waals surface area contributed by atoms with E-state index in [9.17, 15) is 0 Å². The first kappa shape index (κ1) is 22.9. The Morgan fingerprint density at radius 2 is 1.69 bits per heavy atom. The molecule has 0 aliphatic carbocycles. The number of methoxy groups -OCH3 is 2. The molecule has 0 bridgehead atoms. The van der Waals surface area contributed by atoms with Gasteiger partial charge in [-0.15, -0.1) is 0 Å². The van der Waals surface area contributed by atoms with E-state index < -0.39 is 0 Å². The molecular formula is C28H31N5O2. The number of aromatic nitrogens is 2. The second-order valence-electron chi connectivity index (χ2n) is 8.61. The van der Waals surface area contributed by atoms with E-state index in [0.29, 0.717) is 5.95 Å². The maximum atomic E-state index is 5.51. The highest BCUT2D eigenvalue weighted by Gasteiger charge is 2.16. The number of hydrogen-bond donors (Lipinski definition) is 2. The molecule has 7 heteroatoms. The molecule has 1 aliphatic heterocycles. The third kappa shape index (κ3) is 5.30. The molecule has 2 N–H and O–H groups in total. The van der Waals surface area contributed by atoms with Gasteiger partial charge in [0.25, 0.3) is 0 Å². The van der Waals surface area contributed by atoms with Crippen molar-refractivity contribution in [2.45, 2.75) is 6.42 Å². The molecule has 5 rings (SSSR count). The molecule has 0 atom stereocenters. The predicted molar refractivity (Wildman–Crippen MR) is 142 cm³/mol. The average molecular weight is 470 g/mol. The predicted octanol–water partition coefficient (Wildman–Crippen LogP) is 4.38. The zero-order valence-electron chi connectivity index (χ0n) is 20.3. The largest absolute Gasteiger partial charge is 0.497 e. The summed E-state index contributed by atoms with van der Waals surface area (Å²) in [6, 6.07) is 20.8. The Morgan fingerprint density at radius 1 is 0.914 bits per heavy atom. The molecular weight excluding hydrogens is 438 g/mol. The van der Waals surface area contributed by atoms with Crippen LogP contribution in [0.5, 0.6) is 11.5 Å². The molecule has 1 saturated heterocycles. The van der Waals surface area contributed by atoms with Crippen molar-refractivity contribution in [1.82, 2.24) is 15.3 Å². The second kappa shape index (κ2) is 10.6. The van der Waals surface area contributed by atoms with Crippen LogP contribution in [0.15, 0.2) is 66.9 Å². The Bertz CT molecular complexity index is 1290. The van der Waals surface area contributed by atoms with Gasteiger partial charge in [0.05, 0.1) is 19.9 Å². The minimum absolute atomic E-state index is 0.634.